The second-order valence-electron chi connectivity index (χ2n) is 7.16. The zero-order valence-corrected chi connectivity index (χ0v) is 15.2. The number of aliphatic hydroxyl groups is 1. The number of hydrogen-bond donors (Lipinski definition) is 1. The van der Waals surface area contributed by atoms with Gasteiger partial charge in [0.15, 0.2) is 0 Å². The number of rotatable bonds is 5. The Bertz CT molecular complexity index is 854. The third-order valence-corrected chi connectivity index (χ3v) is 5.45. The van der Waals surface area contributed by atoms with Gasteiger partial charge in [-0.15, -0.1) is 0 Å². The summed E-state index contributed by atoms with van der Waals surface area (Å²) >= 11 is 0. The zero-order chi connectivity index (χ0) is 18.7. The maximum atomic E-state index is 12.7. The van der Waals surface area contributed by atoms with E-state index in [0.29, 0.717) is 19.5 Å². The molecule has 0 saturated carbocycles. The molecule has 1 heterocycles. The number of carbonyl (C=O) groups is 1. The molecule has 0 bridgehead atoms. The molecule has 1 N–H and O–H groups in total. The smallest absolute Gasteiger partial charge is 0.223 e. The van der Waals surface area contributed by atoms with Crippen LogP contribution in [0.25, 0.3) is 0 Å². The predicted molar refractivity (Wildman–Crippen MR) is 106 cm³/mol. The van der Waals surface area contributed by atoms with E-state index in [1.165, 1.54) is 0 Å². The summed E-state index contributed by atoms with van der Waals surface area (Å²) in [5, 5.41) is 11.9. The van der Waals surface area contributed by atoms with Gasteiger partial charge >= 0.3 is 0 Å². The number of amides is 1. The average Bonchev–Trinajstić information content (AvgIpc) is 3.10. The standard InChI is InChI=1S/C24H23NO2/c26-23-16-22(18-25(23)17-19-10-4-1-5-11-19)24(27,20-12-6-2-7-13-20)21-14-8-3-9-15-21/h1-15,22,27H,16-18H2/t22-/m1/s1. The van der Waals surface area contributed by atoms with E-state index >= 15 is 0 Å². The minimum atomic E-state index is -1.19. The van der Waals surface area contributed by atoms with Gasteiger partial charge in [0.1, 0.15) is 5.60 Å². The molecule has 0 spiro atoms. The highest BCUT2D eigenvalue weighted by molar-refractivity contribution is 5.79. The van der Waals surface area contributed by atoms with Crippen molar-refractivity contribution in [1.82, 2.24) is 4.90 Å². The highest BCUT2D eigenvalue weighted by Gasteiger charge is 2.46. The van der Waals surface area contributed by atoms with Crippen LogP contribution < -0.4 is 0 Å². The fourth-order valence-corrected chi connectivity index (χ4v) is 4.03. The number of likely N-dealkylation sites (tertiary alicyclic amines) is 1. The van der Waals surface area contributed by atoms with Crippen molar-refractivity contribution < 1.29 is 9.90 Å². The summed E-state index contributed by atoms with van der Waals surface area (Å²) in [4.78, 5) is 14.6. The van der Waals surface area contributed by atoms with Crippen molar-refractivity contribution in [1.29, 1.82) is 0 Å². The number of nitrogens with zero attached hydrogens (tertiary/aromatic N) is 1. The first-order chi connectivity index (χ1) is 13.2. The molecular formula is C24H23NO2. The number of hydrogen-bond acceptors (Lipinski definition) is 2. The molecule has 0 aromatic heterocycles. The van der Waals surface area contributed by atoms with Crippen LogP contribution in [0, 0.1) is 5.92 Å². The Morgan fingerprint density at radius 2 is 1.30 bits per heavy atom. The molecule has 136 valence electrons. The van der Waals surface area contributed by atoms with Crippen LogP contribution >= 0.6 is 0 Å². The van der Waals surface area contributed by atoms with Crippen LogP contribution in [0.15, 0.2) is 91.0 Å². The monoisotopic (exact) mass is 357 g/mol. The molecule has 0 radical (unpaired) electrons. The summed E-state index contributed by atoms with van der Waals surface area (Å²) in [6, 6.07) is 29.4. The molecular weight excluding hydrogens is 334 g/mol. The summed E-state index contributed by atoms with van der Waals surface area (Å²) in [7, 11) is 0. The van der Waals surface area contributed by atoms with Crippen molar-refractivity contribution in [3.05, 3.63) is 108 Å². The van der Waals surface area contributed by atoms with Crippen LogP contribution in [-0.4, -0.2) is 22.5 Å². The maximum Gasteiger partial charge on any atom is 0.223 e. The molecule has 27 heavy (non-hydrogen) atoms. The lowest BCUT2D eigenvalue weighted by Gasteiger charge is -2.35. The van der Waals surface area contributed by atoms with Crippen molar-refractivity contribution in [2.75, 3.05) is 6.54 Å². The Balaban J connectivity index is 1.67. The molecule has 1 fully saturated rings. The molecule has 1 atom stereocenters. The minimum absolute atomic E-state index is 0.0918. The average molecular weight is 357 g/mol. The second kappa shape index (κ2) is 7.37. The predicted octanol–water partition coefficient (Wildman–Crippen LogP) is 3.97. The molecule has 3 aromatic rings. The normalized spacial score (nSPS) is 17.3. The molecule has 3 heteroatoms. The summed E-state index contributed by atoms with van der Waals surface area (Å²) < 4.78 is 0. The van der Waals surface area contributed by atoms with Gasteiger partial charge in [0.25, 0.3) is 0 Å². The molecule has 3 aromatic carbocycles. The molecule has 4 rings (SSSR count). The molecule has 3 nitrogen and oxygen atoms in total. The Morgan fingerprint density at radius 1 is 0.815 bits per heavy atom. The van der Waals surface area contributed by atoms with E-state index in [2.05, 4.69) is 0 Å². The van der Waals surface area contributed by atoms with Crippen molar-refractivity contribution >= 4 is 5.91 Å². The first-order valence-electron chi connectivity index (χ1n) is 9.33. The summed E-state index contributed by atoms with van der Waals surface area (Å²) in [5.41, 5.74) is 1.57. The largest absolute Gasteiger partial charge is 0.380 e. The lowest BCUT2D eigenvalue weighted by Crippen LogP contribution is -2.38. The third-order valence-electron chi connectivity index (χ3n) is 5.45. The summed E-state index contributed by atoms with van der Waals surface area (Å²) in [6.07, 6.45) is 0.340. The van der Waals surface area contributed by atoms with Gasteiger partial charge in [0, 0.05) is 25.4 Å². The number of benzene rings is 3. The van der Waals surface area contributed by atoms with Gasteiger partial charge in [-0.1, -0.05) is 91.0 Å². The van der Waals surface area contributed by atoms with Gasteiger partial charge in [-0.3, -0.25) is 4.79 Å². The van der Waals surface area contributed by atoms with Crippen molar-refractivity contribution in [3.8, 4) is 0 Å². The Labute approximate surface area is 159 Å². The SMILES string of the molecule is O=C1C[C@@H](C(O)(c2ccccc2)c2ccccc2)CN1Cc1ccccc1. The van der Waals surface area contributed by atoms with E-state index < -0.39 is 5.60 Å². The summed E-state index contributed by atoms with van der Waals surface area (Å²) in [6.45, 7) is 1.11. The third kappa shape index (κ3) is 3.38. The lowest BCUT2D eigenvalue weighted by molar-refractivity contribution is -0.128. The van der Waals surface area contributed by atoms with Crippen LogP contribution in [0.1, 0.15) is 23.1 Å². The highest BCUT2D eigenvalue weighted by Crippen LogP contribution is 2.42. The van der Waals surface area contributed by atoms with Crippen LogP contribution in [0.3, 0.4) is 0 Å². The molecule has 1 aliphatic heterocycles. The first kappa shape index (κ1) is 17.5. The molecule has 0 aliphatic carbocycles. The van der Waals surface area contributed by atoms with Gasteiger partial charge in [-0.2, -0.15) is 0 Å². The fourth-order valence-electron chi connectivity index (χ4n) is 4.03. The van der Waals surface area contributed by atoms with Gasteiger partial charge in [-0.25, -0.2) is 0 Å². The van der Waals surface area contributed by atoms with E-state index in [9.17, 15) is 9.90 Å². The second-order valence-corrected chi connectivity index (χ2v) is 7.16. The first-order valence-corrected chi connectivity index (χ1v) is 9.33. The molecule has 1 saturated heterocycles. The van der Waals surface area contributed by atoms with Crippen LogP contribution in [-0.2, 0) is 16.9 Å². The highest BCUT2D eigenvalue weighted by atomic mass is 16.3. The van der Waals surface area contributed by atoms with E-state index in [-0.39, 0.29) is 11.8 Å². The van der Waals surface area contributed by atoms with Crippen molar-refractivity contribution in [2.24, 2.45) is 5.92 Å². The van der Waals surface area contributed by atoms with Gasteiger partial charge in [-0.05, 0) is 16.7 Å². The van der Waals surface area contributed by atoms with E-state index in [4.69, 9.17) is 0 Å². The maximum absolute atomic E-state index is 12.7. The van der Waals surface area contributed by atoms with Crippen LogP contribution in [0.4, 0.5) is 0 Å². The minimum Gasteiger partial charge on any atom is -0.380 e. The van der Waals surface area contributed by atoms with Gasteiger partial charge < -0.3 is 10.0 Å². The van der Waals surface area contributed by atoms with Crippen LogP contribution in [0.5, 0.6) is 0 Å². The fraction of sp³-hybridized carbons (Fsp3) is 0.208. The molecule has 1 aliphatic rings. The van der Waals surface area contributed by atoms with E-state index in [1.807, 2.05) is 95.9 Å². The van der Waals surface area contributed by atoms with Crippen LogP contribution in [0.2, 0.25) is 0 Å². The van der Waals surface area contributed by atoms with Gasteiger partial charge in [0.05, 0.1) is 0 Å². The van der Waals surface area contributed by atoms with Crippen molar-refractivity contribution in [2.45, 2.75) is 18.6 Å². The zero-order valence-electron chi connectivity index (χ0n) is 15.2. The number of carbonyl (C=O) groups excluding carboxylic acids is 1. The van der Waals surface area contributed by atoms with E-state index in [0.717, 1.165) is 16.7 Å². The summed E-state index contributed by atoms with van der Waals surface area (Å²) in [5.74, 6) is -0.104. The molecule has 0 unspecified atom stereocenters. The topological polar surface area (TPSA) is 40.5 Å². The Kier molecular flexibility index (Phi) is 4.78. The lowest BCUT2D eigenvalue weighted by atomic mass is 9.75. The van der Waals surface area contributed by atoms with Gasteiger partial charge in [0.2, 0.25) is 5.91 Å². The van der Waals surface area contributed by atoms with E-state index in [1.54, 1.807) is 0 Å². The Morgan fingerprint density at radius 3 is 1.81 bits per heavy atom. The van der Waals surface area contributed by atoms with Crippen molar-refractivity contribution in [3.63, 3.8) is 0 Å². The quantitative estimate of drug-likeness (QED) is 0.751. The molecule has 1 amide bonds. The Hall–Kier alpha value is -2.91.